The van der Waals surface area contributed by atoms with Gasteiger partial charge < -0.3 is 24.8 Å². The predicted octanol–water partition coefficient (Wildman–Crippen LogP) is 0.441. The average Bonchev–Trinajstić information content (AvgIpc) is 2.40. The van der Waals surface area contributed by atoms with Gasteiger partial charge in [0.15, 0.2) is 0 Å². The second-order valence-electron chi connectivity index (χ2n) is 5.66. The van der Waals surface area contributed by atoms with Crippen molar-refractivity contribution in [1.82, 2.24) is 10.2 Å². The standard InChI is InChI=1S/C13H22N2O5/c1-13(20-7-11(16)17)8-15(9-13)12(18)14-6-10-4-2-3-5-19-10/h10H,2-9H2,1H3,(H,14,18)(H,16,17). The largest absolute Gasteiger partial charge is 0.480 e. The number of hydrogen-bond donors (Lipinski definition) is 2. The Morgan fingerprint density at radius 1 is 1.45 bits per heavy atom. The Labute approximate surface area is 118 Å². The summed E-state index contributed by atoms with van der Waals surface area (Å²) < 4.78 is 10.8. The number of likely N-dealkylation sites (tertiary alicyclic amines) is 1. The Morgan fingerprint density at radius 3 is 2.80 bits per heavy atom. The molecule has 0 aromatic rings. The van der Waals surface area contributed by atoms with E-state index in [0.29, 0.717) is 19.6 Å². The molecule has 2 aliphatic rings. The quantitative estimate of drug-likeness (QED) is 0.765. The van der Waals surface area contributed by atoms with Gasteiger partial charge in [-0.15, -0.1) is 0 Å². The van der Waals surface area contributed by atoms with Crippen LogP contribution in [-0.2, 0) is 14.3 Å². The van der Waals surface area contributed by atoms with E-state index in [1.54, 1.807) is 4.90 Å². The fourth-order valence-electron chi connectivity index (χ4n) is 2.51. The Bertz CT molecular complexity index is 362. The third kappa shape index (κ3) is 4.08. The van der Waals surface area contributed by atoms with Crippen molar-refractivity contribution in [3.8, 4) is 0 Å². The van der Waals surface area contributed by atoms with Gasteiger partial charge in [-0.25, -0.2) is 9.59 Å². The summed E-state index contributed by atoms with van der Waals surface area (Å²) in [6.07, 6.45) is 3.34. The summed E-state index contributed by atoms with van der Waals surface area (Å²) in [5.41, 5.74) is -0.545. The summed E-state index contributed by atoms with van der Waals surface area (Å²) in [4.78, 5) is 23.9. The fourth-order valence-corrected chi connectivity index (χ4v) is 2.51. The number of carboxylic acid groups (broad SMARTS) is 1. The molecule has 2 saturated heterocycles. The minimum atomic E-state index is -0.997. The van der Waals surface area contributed by atoms with E-state index in [9.17, 15) is 9.59 Å². The van der Waals surface area contributed by atoms with Crippen LogP contribution in [0, 0.1) is 0 Å². The monoisotopic (exact) mass is 286 g/mol. The van der Waals surface area contributed by atoms with Crippen LogP contribution < -0.4 is 5.32 Å². The van der Waals surface area contributed by atoms with E-state index in [1.807, 2.05) is 6.92 Å². The first-order chi connectivity index (χ1) is 9.48. The lowest BCUT2D eigenvalue weighted by molar-refractivity contribution is -0.159. The lowest BCUT2D eigenvalue weighted by atomic mass is 9.97. The fraction of sp³-hybridized carbons (Fsp3) is 0.846. The van der Waals surface area contributed by atoms with Crippen molar-refractivity contribution in [3.63, 3.8) is 0 Å². The van der Waals surface area contributed by atoms with Gasteiger partial charge in [0.2, 0.25) is 0 Å². The molecular weight excluding hydrogens is 264 g/mol. The van der Waals surface area contributed by atoms with Crippen molar-refractivity contribution >= 4 is 12.0 Å². The third-order valence-electron chi connectivity index (χ3n) is 3.64. The smallest absolute Gasteiger partial charge is 0.329 e. The maximum atomic E-state index is 11.9. The normalized spacial score (nSPS) is 24.9. The molecule has 2 aliphatic heterocycles. The highest BCUT2D eigenvalue weighted by Crippen LogP contribution is 2.24. The predicted molar refractivity (Wildman–Crippen MR) is 70.6 cm³/mol. The van der Waals surface area contributed by atoms with Crippen molar-refractivity contribution < 1.29 is 24.2 Å². The zero-order valence-electron chi connectivity index (χ0n) is 11.8. The molecule has 1 atom stereocenters. The molecule has 0 bridgehead atoms. The van der Waals surface area contributed by atoms with Crippen LogP contribution >= 0.6 is 0 Å². The number of nitrogens with zero attached hydrogens (tertiary/aromatic N) is 1. The number of rotatable bonds is 5. The molecule has 1 unspecified atom stereocenters. The second kappa shape index (κ2) is 6.41. The van der Waals surface area contributed by atoms with Gasteiger partial charge in [0.05, 0.1) is 19.2 Å². The number of carbonyl (C=O) groups is 2. The van der Waals surface area contributed by atoms with E-state index < -0.39 is 11.6 Å². The highest BCUT2D eigenvalue weighted by atomic mass is 16.5. The summed E-state index contributed by atoms with van der Waals surface area (Å²) in [7, 11) is 0. The lowest BCUT2D eigenvalue weighted by Crippen LogP contribution is -2.65. The SMILES string of the molecule is CC1(OCC(=O)O)CN(C(=O)NCC2CCCCO2)C1. The van der Waals surface area contributed by atoms with Crippen molar-refractivity contribution in [2.75, 3.05) is 32.8 Å². The topological polar surface area (TPSA) is 88.1 Å². The Hall–Kier alpha value is -1.34. The molecule has 0 spiro atoms. The maximum Gasteiger partial charge on any atom is 0.329 e. The molecule has 20 heavy (non-hydrogen) atoms. The van der Waals surface area contributed by atoms with E-state index >= 15 is 0 Å². The second-order valence-corrected chi connectivity index (χ2v) is 5.66. The van der Waals surface area contributed by atoms with Crippen LogP contribution in [0.2, 0.25) is 0 Å². The van der Waals surface area contributed by atoms with E-state index in [2.05, 4.69) is 5.32 Å². The molecule has 7 nitrogen and oxygen atoms in total. The van der Waals surface area contributed by atoms with Gasteiger partial charge >= 0.3 is 12.0 Å². The zero-order valence-corrected chi connectivity index (χ0v) is 11.8. The first-order valence-corrected chi connectivity index (χ1v) is 6.99. The van der Waals surface area contributed by atoms with Crippen LogP contribution in [-0.4, -0.2) is 66.6 Å². The van der Waals surface area contributed by atoms with Gasteiger partial charge in [-0.2, -0.15) is 0 Å². The minimum absolute atomic E-state index is 0.114. The molecule has 2 N–H and O–H groups in total. The van der Waals surface area contributed by atoms with Gasteiger partial charge in [-0.1, -0.05) is 0 Å². The van der Waals surface area contributed by atoms with Crippen LogP contribution in [0.1, 0.15) is 26.2 Å². The molecule has 2 fully saturated rings. The Balaban J connectivity index is 1.64. The van der Waals surface area contributed by atoms with Crippen LogP contribution in [0.25, 0.3) is 0 Å². The summed E-state index contributed by atoms with van der Waals surface area (Å²) in [6, 6.07) is -0.143. The van der Waals surface area contributed by atoms with E-state index in [0.717, 1.165) is 25.9 Å². The number of aliphatic carboxylic acids is 1. The molecule has 0 aromatic carbocycles. The Kier molecular flexibility index (Phi) is 4.82. The molecule has 0 aromatic heterocycles. The lowest BCUT2D eigenvalue weighted by Gasteiger charge is -2.47. The molecule has 0 aliphatic carbocycles. The molecule has 2 rings (SSSR count). The zero-order chi connectivity index (χ0) is 14.6. The summed E-state index contributed by atoms with van der Waals surface area (Å²) in [6.45, 7) is 3.61. The van der Waals surface area contributed by atoms with Crippen molar-refractivity contribution in [2.24, 2.45) is 0 Å². The third-order valence-corrected chi connectivity index (χ3v) is 3.64. The number of hydrogen-bond acceptors (Lipinski definition) is 4. The molecular formula is C13H22N2O5. The Morgan fingerprint density at radius 2 is 2.20 bits per heavy atom. The van der Waals surface area contributed by atoms with Gasteiger partial charge in [0.25, 0.3) is 0 Å². The maximum absolute atomic E-state index is 11.9. The van der Waals surface area contributed by atoms with Crippen LogP contribution in [0.3, 0.4) is 0 Å². The molecule has 0 radical (unpaired) electrons. The van der Waals surface area contributed by atoms with Gasteiger partial charge in [0, 0.05) is 13.2 Å². The summed E-state index contributed by atoms with van der Waals surface area (Å²) in [5, 5.41) is 11.4. The van der Waals surface area contributed by atoms with E-state index in [4.69, 9.17) is 14.6 Å². The van der Waals surface area contributed by atoms with Gasteiger partial charge in [-0.3, -0.25) is 0 Å². The highest BCUT2D eigenvalue weighted by Gasteiger charge is 2.42. The highest BCUT2D eigenvalue weighted by molar-refractivity contribution is 5.75. The summed E-state index contributed by atoms with van der Waals surface area (Å²) >= 11 is 0. The number of nitrogens with one attached hydrogen (secondary N) is 1. The van der Waals surface area contributed by atoms with E-state index in [-0.39, 0.29) is 18.7 Å². The van der Waals surface area contributed by atoms with Crippen molar-refractivity contribution in [3.05, 3.63) is 0 Å². The minimum Gasteiger partial charge on any atom is -0.480 e. The first-order valence-electron chi connectivity index (χ1n) is 6.99. The molecule has 2 amide bonds. The molecule has 2 heterocycles. The van der Waals surface area contributed by atoms with Gasteiger partial charge in [0.1, 0.15) is 12.2 Å². The molecule has 114 valence electrons. The first kappa shape index (κ1) is 15.1. The van der Waals surface area contributed by atoms with Crippen LogP contribution in [0.4, 0.5) is 4.79 Å². The number of ether oxygens (including phenoxy) is 2. The van der Waals surface area contributed by atoms with E-state index in [1.165, 1.54) is 0 Å². The average molecular weight is 286 g/mol. The molecule has 0 saturated carbocycles. The number of urea groups is 1. The van der Waals surface area contributed by atoms with Crippen molar-refractivity contribution in [2.45, 2.75) is 37.9 Å². The van der Waals surface area contributed by atoms with Crippen LogP contribution in [0.15, 0.2) is 0 Å². The number of amides is 2. The molecule has 7 heteroatoms. The van der Waals surface area contributed by atoms with Gasteiger partial charge in [-0.05, 0) is 26.2 Å². The number of carboxylic acids is 1. The number of carbonyl (C=O) groups excluding carboxylic acids is 1. The summed E-state index contributed by atoms with van der Waals surface area (Å²) in [5.74, 6) is -0.997. The van der Waals surface area contributed by atoms with Crippen LogP contribution in [0.5, 0.6) is 0 Å². The van der Waals surface area contributed by atoms with Crippen molar-refractivity contribution in [1.29, 1.82) is 0 Å².